The zero-order chi connectivity index (χ0) is 20.5. The van der Waals surface area contributed by atoms with Crippen LogP contribution in [0.15, 0.2) is 71.9 Å². The van der Waals surface area contributed by atoms with E-state index in [1.165, 1.54) is 24.3 Å². The minimum absolute atomic E-state index is 0.235. The molecule has 0 unspecified atom stereocenters. The van der Waals surface area contributed by atoms with E-state index >= 15 is 0 Å². The van der Waals surface area contributed by atoms with Crippen molar-refractivity contribution in [3.63, 3.8) is 0 Å². The van der Waals surface area contributed by atoms with Crippen molar-refractivity contribution in [2.75, 3.05) is 13.6 Å². The highest BCUT2D eigenvalue weighted by Gasteiger charge is 2.03. The number of benzene rings is 2. The van der Waals surface area contributed by atoms with E-state index in [2.05, 4.69) is 20.6 Å². The van der Waals surface area contributed by atoms with E-state index < -0.39 is 0 Å². The average molecular weight is 396 g/mol. The molecular formula is C22H22F2N4O. The maximum Gasteiger partial charge on any atom is 0.219 e. The van der Waals surface area contributed by atoms with E-state index in [9.17, 15) is 8.78 Å². The van der Waals surface area contributed by atoms with Gasteiger partial charge in [-0.1, -0.05) is 12.1 Å². The van der Waals surface area contributed by atoms with Crippen LogP contribution in [0.5, 0.6) is 11.6 Å². The molecule has 7 heteroatoms. The molecule has 0 aliphatic rings. The number of pyridine rings is 1. The number of guanidine groups is 1. The predicted molar refractivity (Wildman–Crippen MR) is 109 cm³/mol. The molecular weight excluding hydrogens is 374 g/mol. The van der Waals surface area contributed by atoms with Gasteiger partial charge in [-0.25, -0.2) is 13.8 Å². The summed E-state index contributed by atoms with van der Waals surface area (Å²) in [6.45, 7) is 1.14. The van der Waals surface area contributed by atoms with Crippen molar-refractivity contribution in [3.8, 4) is 11.6 Å². The van der Waals surface area contributed by atoms with Crippen molar-refractivity contribution in [3.05, 3.63) is 89.6 Å². The minimum Gasteiger partial charge on any atom is -0.439 e. The first-order valence-electron chi connectivity index (χ1n) is 9.20. The fourth-order valence-corrected chi connectivity index (χ4v) is 2.66. The summed E-state index contributed by atoms with van der Waals surface area (Å²) < 4.78 is 31.9. The van der Waals surface area contributed by atoms with E-state index in [0.717, 1.165) is 11.1 Å². The van der Waals surface area contributed by atoms with Gasteiger partial charge in [0.1, 0.15) is 17.4 Å². The number of nitrogens with zero attached hydrogens (tertiary/aromatic N) is 2. The van der Waals surface area contributed by atoms with E-state index in [4.69, 9.17) is 4.74 Å². The number of ether oxygens (including phenoxy) is 1. The Balaban J connectivity index is 1.49. The zero-order valence-electron chi connectivity index (χ0n) is 16.0. The Morgan fingerprint density at radius 1 is 0.966 bits per heavy atom. The SMILES string of the molecule is CN=C(NCCc1cccc(F)c1)NCc1ccnc(Oc2ccc(F)cc2)c1. The van der Waals surface area contributed by atoms with Crippen LogP contribution in [-0.2, 0) is 13.0 Å². The highest BCUT2D eigenvalue weighted by molar-refractivity contribution is 5.79. The number of hydrogen-bond acceptors (Lipinski definition) is 3. The van der Waals surface area contributed by atoms with Crippen LogP contribution in [0.4, 0.5) is 8.78 Å². The summed E-state index contributed by atoms with van der Waals surface area (Å²) in [5.74, 6) is 1.02. The zero-order valence-corrected chi connectivity index (χ0v) is 16.0. The molecule has 0 saturated carbocycles. The van der Waals surface area contributed by atoms with E-state index in [0.29, 0.717) is 37.1 Å². The highest BCUT2D eigenvalue weighted by Crippen LogP contribution is 2.20. The second kappa shape index (κ2) is 10.2. The van der Waals surface area contributed by atoms with Gasteiger partial charge in [0.25, 0.3) is 0 Å². The number of nitrogens with one attached hydrogen (secondary N) is 2. The molecule has 3 aromatic rings. The number of halogens is 2. The second-order valence-electron chi connectivity index (χ2n) is 6.29. The van der Waals surface area contributed by atoms with Gasteiger partial charge < -0.3 is 15.4 Å². The summed E-state index contributed by atoms with van der Waals surface area (Å²) >= 11 is 0. The lowest BCUT2D eigenvalue weighted by atomic mass is 10.1. The molecule has 2 N–H and O–H groups in total. The van der Waals surface area contributed by atoms with Crippen LogP contribution in [0.2, 0.25) is 0 Å². The molecule has 0 amide bonds. The molecule has 0 bridgehead atoms. The van der Waals surface area contributed by atoms with Crippen molar-refractivity contribution in [2.24, 2.45) is 4.99 Å². The average Bonchev–Trinajstić information content (AvgIpc) is 2.72. The number of aromatic nitrogens is 1. The Kier molecular flexibility index (Phi) is 7.10. The van der Waals surface area contributed by atoms with Gasteiger partial charge in [-0.3, -0.25) is 4.99 Å². The van der Waals surface area contributed by atoms with Gasteiger partial charge in [-0.2, -0.15) is 0 Å². The van der Waals surface area contributed by atoms with Crippen molar-refractivity contribution in [1.29, 1.82) is 0 Å². The molecule has 0 fully saturated rings. The summed E-state index contributed by atoms with van der Waals surface area (Å²) in [6.07, 6.45) is 2.33. The van der Waals surface area contributed by atoms with Crippen LogP contribution in [0.3, 0.4) is 0 Å². The molecule has 5 nitrogen and oxygen atoms in total. The minimum atomic E-state index is -0.320. The lowest BCUT2D eigenvalue weighted by Crippen LogP contribution is -2.37. The molecule has 0 spiro atoms. The molecule has 0 aliphatic heterocycles. The molecule has 1 heterocycles. The molecule has 0 saturated heterocycles. The Morgan fingerprint density at radius 2 is 1.79 bits per heavy atom. The quantitative estimate of drug-likeness (QED) is 0.467. The topological polar surface area (TPSA) is 58.5 Å². The van der Waals surface area contributed by atoms with Crippen molar-refractivity contribution in [2.45, 2.75) is 13.0 Å². The first kappa shape index (κ1) is 20.3. The third-order valence-corrected chi connectivity index (χ3v) is 4.11. The van der Waals surface area contributed by atoms with Crippen LogP contribution in [0.25, 0.3) is 0 Å². The molecule has 3 rings (SSSR count). The highest BCUT2D eigenvalue weighted by atomic mass is 19.1. The van der Waals surface area contributed by atoms with Gasteiger partial charge in [0.05, 0.1) is 0 Å². The third kappa shape index (κ3) is 6.57. The number of aliphatic imine (C=N–C) groups is 1. The van der Waals surface area contributed by atoms with Crippen LogP contribution in [-0.4, -0.2) is 24.5 Å². The van der Waals surface area contributed by atoms with E-state index in [1.807, 2.05) is 12.1 Å². The van der Waals surface area contributed by atoms with Crippen LogP contribution in [0, 0.1) is 11.6 Å². The second-order valence-corrected chi connectivity index (χ2v) is 6.29. The van der Waals surface area contributed by atoms with Crippen LogP contribution < -0.4 is 15.4 Å². The fraction of sp³-hybridized carbons (Fsp3) is 0.182. The summed E-state index contributed by atoms with van der Waals surface area (Å²) in [5.41, 5.74) is 1.87. The van der Waals surface area contributed by atoms with Gasteiger partial charge in [-0.05, 0) is 60.0 Å². The lowest BCUT2D eigenvalue weighted by molar-refractivity contribution is 0.460. The number of rotatable bonds is 7. The van der Waals surface area contributed by atoms with Crippen LogP contribution in [0.1, 0.15) is 11.1 Å². The first-order valence-corrected chi connectivity index (χ1v) is 9.20. The van der Waals surface area contributed by atoms with Gasteiger partial charge >= 0.3 is 0 Å². The third-order valence-electron chi connectivity index (χ3n) is 4.11. The maximum atomic E-state index is 13.2. The summed E-state index contributed by atoms with van der Waals surface area (Å²) in [5, 5.41) is 6.42. The standard InChI is InChI=1S/C22H22F2N4O/c1-25-22(27-12-9-16-3-2-4-19(24)13-16)28-15-17-10-11-26-21(14-17)29-20-7-5-18(23)6-8-20/h2-8,10-11,13-14H,9,12,15H2,1H3,(H2,25,27,28). The Bertz CT molecular complexity index is 961. The Morgan fingerprint density at radius 3 is 2.55 bits per heavy atom. The smallest absolute Gasteiger partial charge is 0.219 e. The van der Waals surface area contributed by atoms with Crippen molar-refractivity contribution < 1.29 is 13.5 Å². The molecule has 2 aromatic carbocycles. The number of hydrogen-bond donors (Lipinski definition) is 2. The van der Waals surface area contributed by atoms with Gasteiger partial charge in [0.2, 0.25) is 5.88 Å². The summed E-state index contributed by atoms with van der Waals surface area (Å²) in [4.78, 5) is 8.36. The fourth-order valence-electron chi connectivity index (χ4n) is 2.66. The van der Waals surface area contributed by atoms with Gasteiger partial charge in [0, 0.05) is 32.4 Å². The van der Waals surface area contributed by atoms with Gasteiger partial charge in [-0.15, -0.1) is 0 Å². The van der Waals surface area contributed by atoms with E-state index in [1.54, 1.807) is 37.5 Å². The molecule has 0 radical (unpaired) electrons. The van der Waals surface area contributed by atoms with Crippen LogP contribution >= 0.6 is 0 Å². The molecule has 0 atom stereocenters. The molecule has 0 aliphatic carbocycles. The Labute approximate surface area is 168 Å². The molecule has 150 valence electrons. The summed E-state index contributed by atoms with van der Waals surface area (Å²) in [7, 11) is 1.69. The largest absolute Gasteiger partial charge is 0.439 e. The molecule has 1 aromatic heterocycles. The maximum absolute atomic E-state index is 13.2. The van der Waals surface area contributed by atoms with Crippen molar-refractivity contribution in [1.82, 2.24) is 15.6 Å². The molecule has 29 heavy (non-hydrogen) atoms. The van der Waals surface area contributed by atoms with Crippen molar-refractivity contribution >= 4 is 5.96 Å². The monoisotopic (exact) mass is 396 g/mol. The Hall–Kier alpha value is -3.48. The van der Waals surface area contributed by atoms with E-state index in [-0.39, 0.29) is 11.6 Å². The normalized spacial score (nSPS) is 11.2. The summed E-state index contributed by atoms with van der Waals surface area (Å²) in [6, 6.07) is 16.0. The van der Waals surface area contributed by atoms with Gasteiger partial charge in [0.15, 0.2) is 5.96 Å². The predicted octanol–water partition coefficient (Wildman–Crippen LogP) is 4.06. The lowest BCUT2D eigenvalue weighted by Gasteiger charge is -2.12. The first-order chi connectivity index (χ1) is 14.1.